The number of rotatable bonds is 4. The van der Waals surface area contributed by atoms with Crippen LogP contribution in [-0.4, -0.2) is 76.7 Å². The molecule has 2 aromatic carbocycles. The van der Waals surface area contributed by atoms with Gasteiger partial charge in [-0.25, -0.2) is 4.79 Å². The van der Waals surface area contributed by atoms with Crippen LogP contribution in [0.5, 0.6) is 5.75 Å². The first-order valence-corrected chi connectivity index (χ1v) is 18.0. The average molecular weight is 685 g/mol. The van der Waals surface area contributed by atoms with Crippen molar-refractivity contribution in [3.63, 3.8) is 0 Å². The SMILES string of the molecule is CC(C)(C)OC(=O)N1CCC(N2CCC(C#Cc3ccc4c(c3)CN([C@H]3C(C)(C)[C@H](Oc5ccc(C#N)c(Cl)c5)C3(C)C)C4=O)CC2)CC1. The highest BCUT2D eigenvalue weighted by atomic mass is 35.5. The number of ether oxygens (including phenoxy) is 2. The zero-order valence-electron chi connectivity index (χ0n) is 29.9. The summed E-state index contributed by atoms with van der Waals surface area (Å²) < 4.78 is 12.0. The predicted octanol–water partition coefficient (Wildman–Crippen LogP) is 7.51. The van der Waals surface area contributed by atoms with E-state index in [4.69, 9.17) is 21.1 Å². The number of carbonyl (C=O) groups is 2. The van der Waals surface area contributed by atoms with Crippen LogP contribution in [0.3, 0.4) is 0 Å². The molecule has 8 nitrogen and oxygen atoms in total. The molecule has 3 aliphatic heterocycles. The largest absolute Gasteiger partial charge is 0.489 e. The molecular weight excluding hydrogens is 636 g/mol. The second kappa shape index (κ2) is 13.2. The lowest BCUT2D eigenvalue weighted by Gasteiger charge is -2.65. The number of nitrogens with zero attached hydrogens (tertiary/aromatic N) is 4. The molecule has 0 atom stereocenters. The van der Waals surface area contributed by atoms with Crippen LogP contribution in [0, 0.1) is 39.9 Å². The lowest BCUT2D eigenvalue weighted by molar-refractivity contribution is -0.199. The first-order chi connectivity index (χ1) is 23.1. The van der Waals surface area contributed by atoms with Gasteiger partial charge in [0.15, 0.2) is 0 Å². The summed E-state index contributed by atoms with van der Waals surface area (Å²) in [6, 6.07) is 13.8. The number of amides is 2. The van der Waals surface area contributed by atoms with Gasteiger partial charge in [0.1, 0.15) is 23.5 Å². The number of benzene rings is 2. The van der Waals surface area contributed by atoms with Gasteiger partial charge in [0.05, 0.1) is 10.6 Å². The van der Waals surface area contributed by atoms with Crippen molar-refractivity contribution in [3.05, 3.63) is 63.7 Å². The second-order valence-electron chi connectivity index (χ2n) is 16.4. The Bertz CT molecular complexity index is 1700. The molecule has 1 aliphatic carbocycles. The van der Waals surface area contributed by atoms with E-state index in [1.165, 1.54) is 0 Å². The summed E-state index contributed by atoms with van der Waals surface area (Å²) >= 11 is 6.28. The molecule has 260 valence electrons. The summed E-state index contributed by atoms with van der Waals surface area (Å²) in [6.07, 6.45) is 3.69. The third-order valence-electron chi connectivity index (χ3n) is 10.9. The number of hydrogen-bond donors (Lipinski definition) is 0. The molecule has 3 heterocycles. The molecule has 3 fully saturated rings. The van der Waals surface area contributed by atoms with E-state index < -0.39 is 5.60 Å². The maximum absolute atomic E-state index is 13.7. The van der Waals surface area contributed by atoms with Gasteiger partial charge in [0.2, 0.25) is 0 Å². The first-order valence-electron chi connectivity index (χ1n) is 17.6. The standard InChI is InChI=1S/C40H49ClN4O4/c1-38(2,3)49-37(47)44-20-16-30(17-21-44)43-18-14-26(15-19-43)8-9-27-10-13-32-29(22-27)25-45(34(32)46)35-39(4,5)36(40(35,6)7)48-31-12-11-28(24-42)33(41)23-31/h10-13,22-23,26,30,35-36H,14-21,25H2,1-7H3/t35-,36-. The molecule has 9 heteroatoms. The van der Waals surface area contributed by atoms with E-state index >= 15 is 0 Å². The summed E-state index contributed by atoms with van der Waals surface area (Å²) in [4.78, 5) is 32.6. The smallest absolute Gasteiger partial charge is 0.410 e. The summed E-state index contributed by atoms with van der Waals surface area (Å²) in [5.74, 6) is 8.01. The van der Waals surface area contributed by atoms with Gasteiger partial charge in [0.25, 0.3) is 5.91 Å². The second-order valence-corrected chi connectivity index (χ2v) is 16.8. The van der Waals surface area contributed by atoms with E-state index in [2.05, 4.69) is 56.6 Å². The molecule has 0 unspecified atom stereocenters. The molecule has 2 aromatic rings. The number of hydrogen-bond acceptors (Lipinski definition) is 6. The maximum Gasteiger partial charge on any atom is 0.410 e. The van der Waals surface area contributed by atoms with Gasteiger partial charge >= 0.3 is 6.09 Å². The molecular formula is C40H49ClN4O4. The van der Waals surface area contributed by atoms with Crippen LogP contribution in [0.15, 0.2) is 36.4 Å². The van der Waals surface area contributed by atoms with Crippen LogP contribution in [-0.2, 0) is 11.3 Å². The highest BCUT2D eigenvalue weighted by Gasteiger charge is 2.67. The fraction of sp³-hybridized carbons (Fsp3) is 0.575. The Hall–Kier alpha value is -3.72. The zero-order valence-corrected chi connectivity index (χ0v) is 30.7. The van der Waals surface area contributed by atoms with Crippen LogP contribution in [0.25, 0.3) is 0 Å². The van der Waals surface area contributed by atoms with E-state index in [1.54, 1.807) is 18.2 Å². The molecule has 4 aliphatic rings. The van der Waals surface area contributed by atoms with Gasteiger partial charge < -0.3 is 24.2 Å². The molecule has 6 rings (SSSR count). The van der Waals surface area contributed by atoms with Gasteiger partial charge in [-0.05, 0) is 95.4 Å². The van der Waals surface area contributed by atoms with Crippen LogP contribution in [0.4, 0.5) is 4.79 Å². The quantitative estimate of drug-likeness (QED) is 0.310. The third-order valence-corrected chi connectivity index (χ3v) is 11.2. The van der Waals surface area contributed by atoms with E-state index in [0.717, 1.165) is 68.6 Å². The van der Waals surface area contributed by atoms with Crippen LogP contribution in [0.2, 0.25) is 5.02 Å². The topological polar surface area (TPSA) is 86.1 Å². The van der Waals surface area contributed by atoms with Gasteiger partial charge in [-0.15, -0.1) is 0 Å². The highest BCUT2D eigenvalue weighted by molar-refractivity contribution is 6.31. The molecule has 2 amide bonds. The summed E-state index contributed by atoms with van der Waals surface area (Å²) in [5, 5.41) is 9.60. The Labute approximate surface area is 296 Å². The monoisotopic (exact) mass is 684 g/mol. The highest BCUT2D eigenvalue weighted by Crippen LogP contribution is 2.59. The number of fused-ring (bicyclic) bond motifs is 1. The number of piperidine rings is 2. The van der Waals surface area contributed by atoms with Crippen molar-refractivity contribution in [1.29, 1.82) is 5.26 Å². The normalized spacial score (nSPS) is 23.9. The molecule has 0 N–H and O–H groups in total. The Morgan fingerprint density at radius 2 is 1.63 bits per heavy atom. The van der Waals surface area contributed by atoms with Gasteiger partial charge in [-0.1, -0.05) is 51.1 Å². The van der Waals surface area contributed by atoms with E-state index in [0.29, 0.717) is 34.8 Å². The number of halogens is 1. The predicted molar refractivity (Wildman–Crippen MR) is 190 cm³/mol. The minimum absolute atomic E-state index is 0.0250. The van der Waals surface area contributed by atoms with Gasteiger partial charge in [-0.2, -0.15) is 5.26 Å². The van der Waals surface area contributed by atoms with Crippen molar-refractivity contribution in [2.24, 2.45) is 16.7 Å². The Morgan fingerprint density at radius 3 is 2.24 bits per heavy atom. The number of likely N-dealkylation sites (tertiary alicyclic amines) is 2. The minimum Gasteiger partial charge on any atom is -0.489 e. The minimum atomic E-state index is -0.468. The average Bonchev–Trinajstić information content (AvgIpc) is 3.35. The van der Waals surface area contributed by atoms with Gasteiger partial charge in [-0.3, -0.25) is 4.79 Å². The summed E-state index contributed by atoms with van der Waals surface area (Å²) in [7, 11) is 0. The number of carbonyl (C=O) groups excluding carboxylic acids is 2. The van der Waals surface area contributed by atoms with E-state index in [1.807, 2.05) is 42.7 Å². The molecule has 0 radical (unpaired) electrons. The van der Waals surface area contributed by atoms with Crippen molar-refractivity contribution < 1.29 is 19.1 Å². The molecule has 49 heavy (non-hydrogen) atoms. The van der Waals surface area contributed by atoms with Crippen LogP contribution in [0.1, 0.15) is 101 Å². The Balaban J connectivity index is 1.03. The lowest BCUT2D eigenvalue weighted by atomic mass is 9.49. The fourth-order valence-electron chi connectivity index (χ4n) is 8.97. The number of nitriles is 1. The van der Waals surface area contributed by atoms with Crippen molar-refractivity contribution >= 4 is 23.6 Å². The maximum atomic E-state index is 13.7. The summed E-state index contributed by atoms with van der Waals surface area (Å²) in [5.41, 5.74) is 2.06. The van der Waals surface area contributed by atoms with E-state index in [9.17, 15) is 14.9 Å². The Morgan fingerprint density at radius 1 is 0.959 bits per heavy atom. The van der Waals surface area contributed by atoms with Crippen molar-refractivity contribution in [3.8, 4) is 23.7 Å². The van der Waals surface area contributed by atoms with Crippen molar-refractivity contribution in [2.45, 2.75) is 104 Å². The molecule has 1 saturated carbocycles. The molecule has 0 spiro atoms. The molecule has 0 aromatic heterocycles. The lowest BCUT2D eigenvalue weighted by Crippen LogP contribution is -2.74. The van der Waals surface area contributed by atoms with Gasteiger partial charge in [0, 0.05) is 65.7 Å². The first kappa shape index (κ1) is 35.1. The van der Waals surface area contributed by atoms with Crippen LogP contribution < -0.4 is 4.74 Å². The fourth-order valence-corrected chi connectivity index (χ4v) is 9.19. The van der Waals surface area contributed by atoms with Crippen LogP contribution >= 0.6 is 11.6 Å². The third kappa shape index (κ3) is 7.01. The van der Waals surface area contributed by atoms with Crippen molar-refractivity contribution in [2.75, 3.05) is 26.2 Å². The Kier molecular flexibility index (Phi) is 9.46. The van der Waals surface area contributed by atoms with E-state index in [-0.39, 0.29) is 35.0 Å². The zero-order chi connectivity index (χ0) is 35.3. The molecule has 2 saturated heterocycles. The summed E-state index contributed by atoms with van der Waals surface area (Å²) in [6.45, 7) is 18.5. The molecule has 0 bridgehead atoms. The van der Waals surface area contributed by atoms with Crippen molar-refractivity contribution in [1.82, 2.24) is 14.7 Å².